The van der Waals surface area contributed by atoms with E-state index in [1.807, 2.05) is 6.08 Å². The highest BCUT2D eigenvalue weighted by atomic mass is 16.3. The molecule has 22 heavy (non-hydrogen) atoms. The highest BCUT2D eigenvalue weighted by Gasteiger charge is 2.27. The van der Waals surface area contributed by atoms with Gasteiger partial charge in [-0.3, -0.25) is 9.59 Å². The van der Waals surface area contributed by atoms with Gasteiger partial charge in [0.15, 0.2) is 5.76 Å². The van der Waals surface area contributed by atoms with E-state index in [0.717, 1.165) is 11.3 Å². The van der Waals surface area contributed by atoms with E-state index in [0.29, 0.717) is 5.71 Å². The number of nitrogens with one attached hydrogen (secondary N) is 1. The van der Waals surface area contributed by atoms with Crippen LogP contribution in [0.2, 0.25) is 0 Å². The predicted molar refractivity (Wildman–Crippen MR) is 82.3 cm³/mol. The maximum Gasteiger partial charge on any atom is 0.313 e. The standard InChI is InChI=1S/C17H16N2O3/c1-10(2)13-9-16(20)19-14-8-11(5-6-12(13)14)18-17(21)15-4-3-7-22-15/h3-10,12H,1-2H3,(H,19,20). The monoisotopic (exact) mass is 296 g/mol. The lowest BCUT2D eigenvalue weighted by atomic mass is 9.82. The van der Waals surface area contributed by atoms with Gasteiger partial charge in [0, 0.05) is 17.7 Å². The summed E-state index contributed by atoms with van der Waals surface area (Å²) in [6.07, 6.45) is 8.56. The highest BCUT2D eigenvalue weighted by molar-refractivity contribution is 6.13. The summed E-state index contributed by atoms with van der Waals surface area (Å²) in [5.74, 6) is -0.0838. The maximum atomic E-state index is 11.9. The van der Waals surface area contributed by atoms with Crippen molar-refractivity contribution in [2.45, 2.75) is 13.8 Å². The molecule has 0 saturated carbocycles. The van der Waals surface area contributed by atoms with Crippen LogP contribution in [0.1, 0.15) is 24.4 Å². The van der Waals surface area contributed by atoms with E-state index in [2.05, 4.69) is 24.2 Å². The second kappa shape index (κ2) is 5.60. The topological polar surface area (TPSA) is 71.7 Å². The normalized spacial score (nSPS) is 22.2. The lowest BCUT2D eigenvalue weighted by molar-refractivity contribution is -0.116. The van der Waals surface area contributed by atoms with Gasteiger partial charge in [-0.2, -0.15) is 0 Å². The van der Waals surface area contributed by atoms with Gasteiger partial charge in [-0.05, 0) is 35.8 Å². The molecule has 112 valence electrons. The number of furan rings is 1. The third kappa shape index (κ3) is 2.70. The number of carbonyl (C=O) groups excluding carboxylic acids is 2. The van der Waals surface area contributed by atoms with Gasteiger partial charge < -0.3 is 9.73 Å². The van der Waals surface area contributed by atoms with Gasteiger partial charge >= 0.3 is 5.91 Å². The number of hydrogen-bond acceptors (Lipinski definition) is 3. The zero-order chi connectivity index (χ0) is 15.7. The molecule has 2 aliphatic rings. The summed E-state index contributed by atoms with van der Waals surface area (Å²) in [5, 5.41) is 2.82. The van der Waals surface area contributed by atoms with Crippen LogP contribution in [0.5, 0.6) is 0 Å². The number of rotatable bonds is 2. The van der Waals surface area contributed by atoms with Crippen molar-refractivity contribution in [2.75, 3.05) is 0 Å². The fourth-order valence-electron chi connectivity index (χ4n) is 2.59. The third-order valence-corrected chi connectivity index (χ3v) is 3.65. The van der Waals surface area contributed by atoms with Gasteiger partial charge in [-0.1, -0.05) is 19.9 Å². The van der Waals surface area contributed by atoms with Crippen molar-refractivity contribution >= 4 is 17.5 Å². The molecule has 0 aromatic carbocycles. The SMILES string of the molecule is CC(C)C1=CC(=O)NC2=CC(=NC(=O)c3ccco3)C=CC21. The van der Waals surface area contributed by atoms with Crippen molar-refractivity contribution < 1.29 is 14.0 Å². The molecular weight excluding hydrogens is 280 g/mol. The summed E-state index contributed by atoms with van der Waals surface area (Å²) >= 11 is 0. The molecule has 3 rings (SSSR count). The molecule has 1 atom stereocenters. The second-order valence-corrected chi connectivity index (χ2v) is 5.54. The number of allylic oxidation sites excluding steroid dienone is 3. The van der Waals surface area contributed by atoms with E-state index in [9.17, 15) is 9.59 Å². The molecule has 2 heterocycles. The van der Waals surface area contributed by atoms with Crippen LogP contribution in [0.4, 0.5) is 0 Å². The minimum absolute atomic E-state index is 0.0374. The van der Waals surface area contributed by atoms with Crippen LogP contribution < -0.4 is 5.32 Å². The first-order chi connectivity index (χ1) is 10.5. The molecule has 5 heteroatoms. The smallest absolute Gasteiger partial charge is 0.313 e. The van der Waals surface area contributed by atoms with Gasteiger partial charge in [-0.25, -0.2) is 4.99 Å². The Balaban J connectivity index is 1.89. The van der Waals surface area contributed by atoms with E-state index in [-0.39, 0.29) is 23.5 Å². The fourth-order valence-corrected chi connectivity index (χ4v) is 2.59. The van der Waals surface area contributed by atoms with E-state index in [1.54, 1.807) is 30.4 Å². The number of amides is 2. The molecular formula is C17H16N2O3. The molecule has 0 radical (unpaired) electrons. The first-order valence-corrected chi connectivity index (χ1v) is 7.13. The molecule has 0 fully saturated rings. The molecule has 0 spiro atoms. The summed E-state index contributed by atoms with van der Waals surface area (Å²) in [4.78, 5) is 27.7. The summed E-state index contributed by atoms with van der Waals surface area (Å²) < 4.78 is 5.03. The average molecular weight is 296 g/mol. The van der Waals surface area contributed by atoms with E-state index in [1.165, 1.54) is 6.26 Å². The van der Waals surface area contributed by atoms with Crippen molar-refractivity contribution in [3.05, 3.63) is 59.7 Å². The van der Waals surface area contributed by atoms with Gasteiger partial charge in [0.25, 0.3) is 0 Å². The van der Waals surface area contributed by atoms with E-state index < -0.39 is 5.91 Å². The zero-order valence-electron chi connectivity index (χ0n) is 12.4. The third-order valence-electron chi connectivity index (χ3n) is 3.65. The molecule has 1 aromatic heterocycles. The van der Waals surface area contributed by atoms with Crippen molar-refractivity contribution in [3.8, 4) is 0 Å². The molecule has 2 amide bonds. The Kier molecular flexibility index (Phi) is 3.63. The Morgan fingerprint density at radius 2 is 2.18 bits per heavy atom. The van der Waals surface area contributed by atoms with Crippen molar-refractivity contribution in [1.29, 1.82) is 0 Å². The Morgan fingerprint density at radius 1 is 1.36 bits per heavy atom. The number of fused-ring (bicyclic) bond motifs is 1. The highest BCUT2D eigenvalue weighted by Crippen LogP contribution is 2.31. The van der Waals surface area contributed by atoms with Crippen LogP contribution >= 0.6 is 0 Å². The summed E-state index contributed by atoms with van der Waals surface area (Å²) in [5.41, 5.74) is 2.31. The van der Waals surface area contributed by atoms with Crippen LogP contribution in [0.15, 0.2) is 63.4 Å². The van der Waals surface area contributed by atoms with Gasteiger partial charge in [0.2, 0.25) is 5.91 Å². The second-order valence-electron chi connectivity index (χ2n) is 5.54. The molecule has 1 aromatic rings. The van der Waals surface area contributed by atoms with Gasteiger partial charge in [0.1, 0.15) is 0 Å². The zero-order valence-corrected chi connectivity index (χ0v) is 12.4. The first-order valence-electron chi connectivity index (χ1n) is 7.13. The minimum Gasteiger partial charge on any atom is -0.459 e. The lowest BCUT2D eigenvalue weighted by Crippen LogP contribution is -2.34. The lowest BCUT2D eigenvalue weighted by Gasteiger charge is -2.29. The summed E-state index contributed by atoms with van der Waals surface area (Å²) in [6, 6.07) is 3.20. The Bertz CT molecular complexity index is 734. The van der Waals surface area contributed by atoms with Crippen molar-refractivity contribution in [3.63, 3.8) is 0 Å². The van der Waals surface area contributed by atoms with Crippen LogP contribution in [0.25, 0.3) is 0 Å². The van der Waals surface area contributed by atoms with Crippen LogP contribution in [-0.2, 0) is 4.79 Å². The summed E-state index contributed by atoms with van der Waals surface area (Å²) in [6.45, 7) is 4.11. The largest absolute Gasteiger partial charge is 0.459 e. The van der Waals surface area contributed by atoms with Crippen molar-refractivity contribution in [1.82, 2.24) is 5.32 Å². The molecule has 5 nitrogen and oxygen atoms in total. The molecule has 0 saturated heterocycles. The number of hydrogen-bond donors (Lipinski definition) is 1. The van der Waals surface area contributed by atoms with E-state index in [4.69, 9.17) is 4.42 Å². The Morgan fingerprint density at radius 3 is 2.86 bits per heavy atom. The Labute approximate surface area is 128 Å². The molecule has 1 aliphatic heterocycles. The quantitative estimate of drug-likeness (QED) is 0.912. The van der Waals surface area contributed by atoms with Gasteiger partial charge in [-0.15, -0.1) is 0 Å². The van der Waals surface area contributed by atoms with Crippen molar-refractivity contribution in [2.24, 2.45) is 16.8 Å². The fraction of sp³-hybridized carbons (Fsp3) is 0.235. The minimum atomic E-state index is -0.443. The predicted octanol–water partition coefficient (Wildman–Crippen LogP) is 2.64. The summed E-state index contributed by atoms with van der Waals surface area (Å²) in [7, 11) is 0. The van der Waals surface area contributed by atoms with Crippen LogP contribution in [0.3, 0.4) is 0 Å². The molecule has 1 N–H and O–H groups in total. The first kappa shape index (κ1) is 14.3. The molecule has 0 bridgehead atoms. The van der Waals surface area contributed by atoms with Gasteiger partial charge in [0.05, 0.1) is 12.0 Å². The van der Waals surface area contributed by atoms with Crippen LogP contribution in [0, 0.1) is 11.8 Å². The number of carbonyl (C=O) groups is 2. The Hall–Kier alpha value is -2.69. The van der Waals surface area contributed by atoms with E-state index >= 15 is 0 Å². The number of aliphatic imine (C=N–C) groups is 1. The number of nitrogens with zero attached hydrogens (tertiary/aromatic N) is 1. The maximum absolute atomic E-state index is 11.9. The molecule has 1 unspecified atom stereocenters. The van der Waals surface area contributed by atoms with Crippen LogP contribution in [-0.4, -0.2) is 17.5 Å². The average Bonchev–Trinajstić information content (AvgIpc) is 3.00. The molecule has 1 aliphatic carbocycles.